The molecule has 2 heteroatoms. The van der Waals surface area contributed by atoms with Gasteiger partial charge < -0.3 is 5.73 Å². The van der Waals surface area contributed by atoms with Gasteiger partial charge in [-0.3, -0.25) is 5.32 Å². The molecule has 1 aliphatic rings. The van der Waals surface area contributed by atoms with Gasteiger partial charge in [0.15, 0.2) is 0 Å². The molecule has 56 valence electrons. The van der Waals surface area contributed by atoms with Gasteiger partial charge in [-0.1, -0.05) is 23.8 Å². The normalized spacial score (nSPS) is 24.6. The Morgan fingerprint density at radius 3 is 3.20 bits per heavy atom. The van der Waals surface area contributed by atoms with Crippen molar-refractivity contribution < 1.29 is 0 Å². The van der Waals surface area contributed by atoms with Crippen LogP contribution in [0.25, 0.3) is 0 Å². The maximum atomic E-state index is 5.34. The molecule has 0 bridgehead atoms. The third-order valence-corrected chi connectivity index (χ3v) is 1.61. The first-order valence-corrected chi connectivity index (χ1v) is 3.61. The molecule has 2 nitrogen and oxygen atoms in total. The highest BCUT2D eigenvalue weighted by molar-refractivity contribution is 5.23. The summed E-state index contributed by atoms with van der Waals surface area (Å²) in [6.07, 6.45) is 7.57. The first-order chi connectivity index (χ1) is 4.83. The third-order valence-electron chi connectivity index (χ3n) is 1.61. The summed E-state index contributed by atoms with van der Waals surface area (Å²) in [4.78, 5) is 0. The van der Waals surface area contributed by atoms with Crippen molar-refractivity contribution in [3.63, 3.8) is 0 Å². The fraction of sp³-hybridized carbons (Fsp3) is 0.500. The van der Waals surface area contributed by atoms with Gasteiger partial charge in [-0.05, 0) is 13.3 Å². The van der Waals surface area contributed by atoms with Gasteiger partial charge in [0, 0.05) is 12.7 Å². The predicted octanol–water partition coefficient (Wildman–Crippen LogP) is 0.767. The zero-order valence-electron chi connectivity index (χ0n) is 6.30. The lowest BCUT2D eigenvalue weighted by Gasteiger charge is -2.15. The van der Waals surface area contributed by atoms with E-state index in [1.165, 1.54) is 5.57 Å². The molecule has 0 radical (unpaired) electrons. The number of nitrogens with one attached hydrogen (secondary N) is 1. The van der Waals surface area contributed by atoms with E-state index in [0.717, 1.165) is 6.42 Å². The van der Waals surface area contributed by atoms with Gasteiger partial charge in [0.2, 0.25) is 0 Å². The van der Waals surface area contributed by atoms with E-state index in [4.69, 9.17) is 5.73 Å². The second kappa shape index (κ2) is 3.54. The summed E-state index contributed by atoms with van der Waals surface area (Å²) < 4.78 is 0. The van der Waals surface area contributed by atoms with Crippen molar-refractivity contribution in [3.8, 4) is 0 Å². The molecular formula is C8H14N2. The number of hydrogen-bond donors (Lipinski definition) is 2. The molecule has 0 saturated carbocycles. The van der Waals surface area contributed by atoms with Gasteiger partial charge in [0.05, 0.1) is 0 Å². The smallest absolute Gasteiger partial charge is 0.0433 e. The molecule has 10 heavy (non-hydrogen) atoms. The van der Waals surface area contributed by atoms with Crippen molar-refractivity contribution in [2.24, 2.45) is 5.73 Å². The van der Waals surface area contributed by atoms with Gasteiger partial charge in [0.1, 0.15) is 0 Å². The van der Waals surface area contributed by atoms with Crippen LogP contribution in [0.5, 0.6) is 0 Å². The van der Waals surface area contributed by atoms with E-state index in [-0.39, 0.29) is 0 Å². The average molecular weight is 138 g/mol. The fourth-order valence-electron chi connectivity index (χ4n) is 1.14. The quantitative estimate of drug-likeness (QED) is 0.553. The highest BCUT2D eigenvalue weighted by Gasteiger charge is 2.03. The average Bonchev–Trinajstić information content (AvgIpc) is 1.88. The molecule has 0 aromatic heterocycles. The number of hydrogen-bond acceptors (Lipinski definition) is 2. The summed E-state index contributed by atoms with van der Waals surface area (Å²) in [6.45, 7) is 2.66. The van der Waals surface area contributed by atoms with Gasteiger partial charge >= 0.3 is 0 Å². The molecule has 0 fully saturated rings. The monoisotopic (exact) mass is 138 g/mol. The van der Waals surface area contributed by atoms with Crippen molar-refractivity contribution in [1.29, 1.82) is 0 Å². The van der Waals surface area contributed by atoms with E-state index in [9.17, 15) is 0 Å². The van der Waals surface area contributed by atoms with Crippen molar-refractivity contribution in [2.75, 3.05) is 6.67 Å². The number of nitrogens with two attached hydrogens (primary N) is 1. The van der Waals surface area contributed by atoms with Crippen LogP contribution in [0.4, 0.5) is 0 Å². The highest BCUT2D eigenvalue weighted by atomic mass is 15.0. The minimum atomic E-state index is 0.454. The summed E-state index contributed by atoms with van der Waals surface area (Å²) in [7, 11) is 0. The zero-order chi connectivity index (χ0) is 7.40. The molecular weight excluding hydrogens is 124 g/mol. The van der Waals surface area contributed by atoms with E-state index < -0.39 is 0 Å². The number of allylic oxidation sites excluding steroid dienone is 2. The fourth-order valence-corrected chi connectivity index (χ4v) is 1.14. The molecule has 0 spiro atoms. The van der Waals surface area contributed by atoms with Crippen LogP contribution in [0.15, 0.2) is 23.8 Å². The highest BCUT2D eigenvalue weighted by Crippen LogP contribution is 2.08. The molecule has 1 unspecified atom stereocenters. The second-order valence-corrected chi connectivity index (χ2v) is 2.56. The standard InChI is InChI=1S/C8H14N2/c1-7-3-2-4-8(5-7)10-6-9/h2-3,5,8,10H,4,6,9H2,1H3. The molecule has 1 atom stereocenters. The molecule has 1 rings (SSSR count). The minimum absolute atomic E-state index is 0.454. The zero-order valence-corrected chi connectivity index (χ0v) is 6.30. The largest absolute Gasteiger partial charge is 0.318 e. The Kier molecular flexibility index (Phi) is 2.66. The van der Waals surface area contributed by atoms with Crippen LogP contribution in [0, 0.1) is 0 Å². The minimum Gasteiger partial charge on any atom is -0.318 e. The van der Waals surface area contributed by atoms with Crippen LogP contribution in [0.1, 0.15) is 13.3 Å². The second-order valence-electron chi connectivity index (χ2n) is 2.56. The van der Waals surface area contributed by atoms with Crippen molar-refractivity contribution >= 4 is 0 Å². The Labute approximate surface area is 61.8 Å². The summed E-state index contributed by atoms with van der Waals surface area (Å²) in [5, 5.41) is 3.16. The molecule has 0 saturated heterocycles. The van der Waals surface area contributed by atoms with Crippen LogP contribution in [-0.2, 0) is 0 Å². The summed E-state index contributed by atoms with van der Waals surface area (Å²) in [5.41, 5.74) is 6.66. The topological polar surface area (TPSA) is 38.0 Å². The van der Waals surface area contributed by atoms with Gasteiger partial charge in [-0.2, -0.15) is 0 Å². The molecule has 0 aliphatic heterocycles. The Balaban J connectivity index is 2.43. The van der Waals surface area contributed by atoms with Crippen molar-refractivity contribution in [2.45, 2.75) is 19.4 Å². The van der Waals surface area contributed by atoms with Crippen LogP contribution in [0.2, 0.25) is 0 Å². The van der Waals surface area contributed by atoms with E-state index in [1.54, 1.807) is 0 Å². The predicted molar refractivity (Wildman–Crippen MR) is 43.5 cm³/mol. The lowest BCUT2D eigenvalue weighted by Crippen LogP contribution is -2.32. The summed E-state index contributed by atoms with van der Waals surface area (Å²) in [5.74, 6) is 0. The molecule has 1 aliphatic carbocycles. The Hall–Kier alpha value is -0.600. The Bertz CT molecular complexity index is 159. The third kappa shape index (κ3) is 1.97. The van der Waals surface area contributed by atoms with Crippen molar-refractivity contribution in [1.82, 2.24) is 5.32 Å². The van der Waals surface area contributed by atoms with E-state index >= 15 is 0 Å². The van der Waals surface area contributed by atoms with Gasteiger partial charge in [-0.15, -0.1) is 0 Å². The van der Waals surface area contributed by atoms with E-state index in [1.807, 2.05) is 0 Å². The van der Waals surface area contributed by atoms with Crippen LogP contribution in [-0.4, -0.2) is 12.7 Å². The van der Waals surface area contributed by atoms with Crippen LogP contribution in [0.3, 0.4) is 0 Å². The van der Waals surface area contributed by atoms with Crippen molar-refractivity contribution in [3.05, 3.63) is 23.8 Å². The maximum Gasteiger partial charge on any atom is 0.0433 e. The van der Waals surface area contributed by atoms with Gasteiger partial charge in [0.25, 0.3) is 0 Å². The van der Waals surface area contributed by atoms with E-state index in [0.29, 0.717) is 12.7 Å². The molecule has 0 aromatic rings. The maximum absolute atomic E-state index is 5.34. The summed E-state index contributed by atoms with van der Waals surface area (Å²) >= 11 is 0. The van der Waals surface area contributed by atoms with Crippen LogP contribution >= 0.6 is 0 Å². The van der Waals surface area contributed by atoms with Crippen LogP contribution < -0.4 is 11.1 Å². The lowest BCUT2D eigenvalue weighted by molar-refractivity contribution is 0.604. The van der Waals surface area contributed by atoms with E-state index in [2.05, 4.69) is 30.5 Å². The number of rotatable bonds is 2. The lowest BCUT2D eigenvalue weighted by atomic mass is 10.0. The molecule has 0 heterocycles. The molecule has 0 aromatic carbocycles. The molecule has 0 amide bonds. The Morgan fingerprint density at radius 2 is 2.60 bits per heavy atom. The van der Waals surface area contributed by atoms with Gasteiger partial charge in [-0.25, -0.2) is 0 Å². The first kappa shape index (κ1) is 7.51. The summed E-state index contributed by atoms with van der Waals surface area (Å²) in [6, 6.07) is 0.454. The SMILES string of the molecule is CC1=CC(NCN)CC=C1. The molecule has 3 N–H and O–H groups in total. The first-order valence-electron chi connectivity index (χ1n) is 3.61. The Morgan fingerprint density at radius 1 is 1.80 bits per heavy atom.